The molecule has 0 atom stereocenters. The Labute approximate surface area is 159 Å². The summed E-state index contributed by atoms with van der Waals surface area (Å²) in [5, 5.41) is 2.71. The Morgan fingerprint density at radius 2 is 1.70 bits per heavy atom. The number of hydrogen-bond donors (Lipinski definition) is 1. The highest BCUT2D eigenvalue weighted by Crippen LogP contribution is 2.27. The van der Waals surface area contributed by atoms with Gasteiger partial charge in [0.05, 0.1) is 0 Å². The summed E-state index contributed by atoms with van der Waals surface area (Å²) in [6.07, 6.45) is 7.90. The van der Waals surface area contributed by atoms with Crippen molar-refractivity contribution in [1.82, 2.24) is 10.2 Å². The molecular weight excluding hydrogens is 340 g/mol. The van der Waals surface area contributed by atoms with Gasteiger partial charge in [-0.15, -0.1) is 0 Å². The van der Waals surface area contributed by atoms with Crippen LogP contribution in [0.2, 0.25) is 0 Å². The van der Waals surface area contributed by atoms with Gasteiger partial charge in [0.15, 0.2) is 0 Å². The van der Waals surface area contributed by atoms with Crippen molar-refractivity contribution < 1.29 is 14.0 Å². The lowest BCUT2D eigenvalue weighted by atomic mass is 10.1. The lowest BCUT2D eigenvalue weighted by Gasteiger charge is -2.23. The Morgan fingerprint density at radius 1 is 1.00 bits per heavy atom. The van der Waals surface area contributed by atoms with Gasteiger partial charge >= 0.3 is 6.03 Å². The van der Waals surface area contributed by atoms with Crippen LogP contribution in [0.15, 0.2) is 46.5 Å². The molecule has 1 N–H and O–H groups in total. The highest BCUT2D eigenvalue weighted by molar-refractivity contribution is 6.14. The summed E-state index contributed by atoms with van der Waals surface area (Å²) < 4.78 is 5.86. The number of nitrogens with zero attached hydrogens (tertiary/aromatic N) is 1. The molecule has 0 unspecified atom stereocenters. The second-order valence-electron chi connectivity index (χ2n) is 7.38. The predicted molar refractivity (Wildman–Crippen MR) is 104 cm³/mol. The van der Waals surface area contributed by atoms with Gasteiger partial charge < -0.3 is 9.73 Å². The van der Waals surface area contributed by atoms with Crippen LogP contribution in [0.3, 0.4) is 0 Å². The molecule has 2 heterocycles. The van der Waals surface area contributed by atoms with Gasteiger partial charge in [0.1, 0.15) is 17.2 Å². The van der Waals surface area contributed by atoms with Crippen LogP contribution in [0.25, 0.3) is 17.4 Å². The average molecular weight is 364 g/mol. The molecule has 140 valence electrons. The Kier molecular flexibility index (Phi) is 4.84. The van der Waals surface area contributed by atoms with Crippen molar-refractivity contribution in [3.8, 4) is 11.3 Å². The maximum absolute atomic E-state index is 12.8. The molecule has 2 aliphatic rings. The first-order chi connectivity index (χ1) is 13.1. The topological polar surface area (TPSA) is 62.6 Å². The maximum atomic E-state index is 12.8. The van der Waals surface area contributed by atoms with Crippen LogP contribution < -0.4 is 5.32 Å². The summed E-state index contributed by atoms with van der Waals surface area (Å²) >= 11 is 0. The number of amides is 3. The second kappa shape index (κ2) is 7.43. The van der Waals surface area contributed by atoms with Crippen molar-refractivity contribution in [2.24, 2.45) is 0 Å². The highest BCUT2D eigenvalue weighted by Gasteiger charge is 2.38. The van der Waals surface area contributed by atoms with E-state index in [1.807, 2.05) is 43.3 Å². The molecule has 0 radical (unpaired) electrons. The molecule has 1 aliphatic carbocycles. The van der Waals surface area contributed by atoms with Crippen LogP contribution in [0.4, 0.5) is 4.79 Å². The molecule has 0 bridgehead atoms. The van der Waals surface area contributed by atoms with Crippen molar-refractivity contribution in [2.75, 3.05) is 0 Å². The number of benzene rings is 1. The highest BCUT2D eigenvalue weighted by atomic mass is 16.3. The zero-order valence-electron chi connectivity index (χ0n) is 15.5. The zero-order valence-corrected chi connectivity index (χ0v) is 15.5. The number of imide groups is 1. The van der Waals surface area contributed by atoms with Crippen LogP contribution in [0.1, 0.15) is 49.8 Å². The molecule has 2 aromatic rings. The first-order valence-corrected chi connectivity index (χ1v) is 9.65. The van der Waals surface area contributed by atoms with Crippen molar-refractivity contribution in [3.63, 3.8) is 0 Å². The molecule has 1 saturated carbocycles. The fourth-order valence-corrected chi connectivity index (χ4v) is 3.84. The molecule has 5 nitrogen and oxygen atoms in total. The van der Waals surface area contributed by atoms with E-state index in [9.17, 15) is 9.59 Å². The van der Waals surface area contributed by atoms with Gasteiger partial charge in [-0.05, 0) is 31.9 Å². The van der Waals surface area contributed by atoms with E-state index in [1.165, 1.54) is 23.3 Å². The van der Waals surface area contributed by atoms with E-state index in [2.05, 4.69) is 5.32 Å². The van der Waals surface area contributed by atoms with Crippen LogP contribution in [-0.4, -0.2) is 22.9 Å². The lowest BCUT2D eigenvalue weighted by Crippen LogP contribution is -2.40. The Bertz CT molecular complexity index is 871. The molecule has 5 heteroatoms. The molecule has 0 spiro atoms. The fourth-order valence-electron chi connectivity index (χ4n) is 3.84. The quantitative estimate of drug-likeness (QED) is 0.480. The van der Waals surface area contributed by atoms with Gasteiger partial charge in [0.2, 0.25) is 0 Å². The minimum Gasteiger partial charge on any atom is -0.457 e. The second-order valence-corrected chi connectivity index (χ2v) is 7.38. The molecular formula is C22H24N2O3. The fraction of sp³-hybridized carbons (Fsp3) is 0.364. The van der Waals surface area contributed by atoms with Crippen molar-refractivity contribution in [1.29, 1.82) is 0 Å². The zero-order chi connectivity index (χ0) is 18.8. The van der Waals surface area contributed by atoms with Gasteiger partial charge in [0, 0.05) is 17.7 Å². The molecule has 4 rings (SSSR count). The Morgan fingerprint density at radius 3 is 2.41 bits per heavy atom. The van der Waals surface area contributed by atoms with Gasteiger partial charge in [-0.3, -0.25) is 9.69 Å². The van der Waals surface area contributed by atoms with Crippen LogP contribution in [0.5, 0.6) is 0 Å². The average Bonchev–Trinajstić information content (AvgIpc) is 3.10. The van der Waals surface area contributed by atoms with Gasteiger partial charge in [0.25, 0.3) is 5.91 Å². The third kappa shape index (κ3) is 3.68. The standard InChI is InChI=1S/C22H24N2O3/c1-15-8-10-16(11-9-15)20-13-12-18(27-20)14-19-21(25)24(22(26)23-19)17-6-4-2-3-5-7-17/h8-14,17H,2-7H2,1H3,(H,23,26). The third-order valence-electron chi connectivity index (χ3n) is 5.35. The van der Waals surface area contributed by atoms with Crippen LogP contribution in [0, 0.1) is 6.92 Å². The van der Waals surface area contributed by atoms with Crippen molar-refractivity contribution >= 4 is 18.0 Å². The largest absolute Gasteiger partial charge is 0.457 e. The molecule has 3 amide bonds. The number of nitrogens with one attached hydrogen (secondary N) is 1. The SMILES string of the molecule is Cc1ccc(-c2ccc(C=C3NC(=O)N(C4CCCCCC4)C3=O)o2)cc1. The summed E-state index contributed by atoms with van der Waals surface area (Å²) in [4.78, 5) is 26.6. The van der Waals surface area contributed by atoms with E-state index in [1.54, 1.807) is 6.08 Å². The van der Waals surface area contributed by atoms with Crippen molar-refractivity contribution in [2.45, 2.75) is 51.5 Å². The number of urea groups is 1. The number of aryl methyl sites for hydroxylation is 1. The van der Waals surface area contributed by atoms with E-state index in [-0.39, 0.29) is 23.7 Å². The number of rotatable bonds is 3. The summed E-state index contributed by atoms with van der Waals surface area (Å²) in [7, 11) is 0. The molecule has 1 aromatic carbocycles. The van der Waals surface area contributed by atoms with E-state index in [0.29, 0.717) is 5.76 Å². The van der Waals surface area contributed by atoms with Gasteiger partial charge in [-0.2, -0.15) is 0 Å². The minimum absolute atomic E-state index is 0.00520. The first-order valence-electron chi connectivity index (χ1n) is 9.65. The minimum atomic E-state index is -0.316. The van der Waals surface area contributed by atoms with Gasteiger partial charge in [-0.25, -0.2) is 4.79 Å². The monoisotopic (exact) mass is 364 g/mol. The Hall–Kier alpha value is -2.82. The number of hydrogen-bond acceptors (Lipinski definition) is 3. The molecule has 1 aromatic heterocycles. The molecule has 1 saturated heterocycles. The summed E-state index contributed by atoms with van der Waals surface area (Å²) in [6.45, 7) is 2.04. The van der Waals surface area contributed by atoms with Crippen molar-refractivity contribution in [3.05, 3.63) is 53.4 Å². The molecule has 27 heavy (non-hydrogen) atoms. The third-order valence-corrected chi connectivity index (χ3v) is 5.35. The normalized spacial score (nSPS) is 20.2. The van der Waals surface area contributed by atoms with E-state index < -0.39 is 0 Å². The summed E-state index contributed by atoms with van der Waals surface area (Å²) in [5.74, 6) is 1.04. The lowest BCUT2D eigenvalue weighted by molar-refractivity contribution is -0.124. The summed E-state index contributed by atoms with van der Waals surface area (Å²) in [6, 6.07) is 11.4. The number of carbonyl (C=O) groups excluding carboxylic acids is 2. The number of carbonyl (C=O) groups is 2. The van der Waals surface area contributed by atoms with Crippen LogP contribution >= 0.6 is 0 Å². The van der Waals surface area contributed by atoms with E-state index in [0.717, 1.165) is 37.0 Å². The summed E-state index contributed by atoms with van der Waals surface area (Å²) in [5.41, 5.74) is 2.45. The smallest absolute Gasteiger partial charge is 0.329 e. The van der Waals surface area contributed by atoms with E-state index in [4.69, 9.17) is 4.42 Å². The predicted octanol–water partition coefficient (Wildman–Crippen LogP) is 4.87. The van der Waals surface area contributed by atoms with E-state index >= 15 is 0 Å². The Balaban J connectivity index is 1.53. The molecule has 2 fully saturated rings. The van der Waals surface area contributed by atoms with Crippen LogP contribution in [-0.2, 0) is 4.79 Å². The van der Waals surface area contributed by atoms with Gasteiger partial charge in [-0.1, -0.05) is 55.5 Å². The first kappa shape index (κ1) is 17.6. The molecule has 1 aliphatic heterocycles. The number of furan rings is 1. The maximum Gasteiger partial charge on any atom is 0.329 e.